The fraction of sp³-hybridized carbons (Fsp3) is 0.588. The fourth-order valence-corrected chi connectivity index (χ4v) is 3.44. The van der Waals surface area contributed by atoms with Gasteiger partial charge < -0.3 is 15.7 Å². The van der Waals surface area contributed by atoms with Crippen LogP contribution in [0.3, 0.4) is 0 Å². The van der Waals surface area contributed by atoms with Crippen LogP contribution in [0.15, 0.2) is 30.3 Å². The first-order valence-electron chi connectivity index (χ1n) is 7.94. The Morgan fingerprint density at radius 1 is 1.29 bits per heavy atom. The number of hydrogen-bond donors (Lipinski definition) is 3. The van der Waals surface area contributed by atoms with Crippen molar-refractivity contribution in [2.45, 2.75) is 38.1 Å². The average Bonchev–Trinajstić information content (AvgIpc) is 3.29. The summed E-state index contributed by atoms with van der Waals surface area (Å²) in [5, 5.41) is 15.4. The molecule has 2 saturated carbocycles. The zero-order chi connectivity index (χ0) is 14.7. The lowest BCUT2D eigenvalue weighted by atomic mass is 9.65. The molecule has 4 heteroatoms. The van der Waals surface area contributed by atoms with E-state index in [0.717, 1.165) is 18.0 Å². The molecule has 0 heterocycles. The van der Waals surface area contributed by atoms with Gasteiger partial charge in [0.15, 0.2) is 0 Å². The minimum absolute atomic E-state index is 0.0921. The van der Waals surface area contributed by atoms with E-state index in [2.05, 4.69) is 10.6 Å². The first-order chi connectivity index (χ1) is 10.2. The summed E-state index contributed by atoms with van der Waals surface area (Å²) in [6.45, 7) is 0.682. The first kappa shape index (κ1) is 14.4. The first-order valence-corrected chi connectivity index (χ1v) is 7.94. The van der Waals surface area contributed by atoms with Crippen LogP contribution in [0.25, 0.3) is 0 Å². The molecule has 2 fully saturated rings. The zero-order valence-corrected chi connectivity index (χ0v) is 12.3. The monoisotopic (exact) mass is 288 g/mol. The molecule has 1 aromatic rings. The highest BCUT2D eigenvalue weighted by Crippen LogP contribution is 2.56. The molecule has 0 bridgehead atoms. The molecule has 0 radical (unpaired) electrons. The van der Waals surface area contributed by atoms with E-state index in [1.807, 2.05) is 30.3 Å². The highest BCUT2D eigenvalue weighted by atomic mass is 16.3. The maximum Gasteiger partial charge on any atom is 0.315 e. The van der Waals surface area contributed by atoms with E-state index < -0.39 is 0 Å². The lowest BCUT2D eigenvalue weighted by Crippen LogP contribution is -2.47. The Labute approximate surface area is 125 Å². The van der Waals surface area contributed by atoms with Gasteiger partial charge in [-0.15, -0.1) is 0 Å². The summed E-state index contributed by atoms with van der Waals surface area (Å²) in [6, 6.07) is 9.06. The van der Waals surface area contributed by atoms with Crippen molar-refractivity contribution in [1.82, 2.24) is 10.6 Å². The molecule has 4 nitrogen and oxygen atoms in total. The number of aliphatic hydroxyl groups is 1. The van der Waals surface area contributed by atoms with Gasteiger partial charge in [0.1, 0.15) is 0 Å². The number of rotatable bonds is 6. The maximum absolute atomic E-state index is 12.1. The Morgan fingerprint density at radius 2 is 2.00 bits per heavy atom. The van der Waals surface area contributed by atoms with Gasteiger partial charge in [0.2, 0.25) is 0 Å². The number of benzene rings is 1. The number of carbonyl (C=O) groups excluding carboxylic acids is 1. The predicted molar refractivity (Wildman–Crippen MR) is 81.8 cm³/mol. The molecule has 0 aliphatic heterocycles. The molecular weight excluding hydrogens is 264 g/mol. The van der Waals surface area contributed by atoms with Crippen LogP contribution in [-0.4, -0.2) is 24.3 Å². The Kier molecular flexibility index (Phi) is 4.15. The highest BCUT2D eigenvalue weighted by Gasteiger charge is 2.48. The Bertz CT molecular complexity index is 481. The minimum Gasteiger partial charge on any atom is -0.394 e. The minimum atomic E-state index is -0.343. The summed E-state index contributed by atoms with van der Waals surface area (Å²) < 4.78 is 0. The van der Waals surface area contributed by atoms with Crippen LogP contribution in [0.2, 0.25) is 0 Å². The molecule has 1 atom stereocenters. The van der Waals surface area contributed by atoms with Crippen molar-refractivity contribution < 1.29 is 9.90 Å². The highest BCUT2D eigenvalue weighted by molar-refractivity contribution is 5.74. The van der Waals surface area contributed by atoms with Gasteiger partial charge >= 0.3 is 6.03 Å². The third-order valence-electron chi connectivity index (χ3n) is 5.08. The third-order valence-corrected chi connectivity index (χ3v) is 5.08. The number of nitrogens with one attached hydrogen (secondary N) is 2. The van der Waals surface area contributed by atoms with Gasteiger partial charge in [-0.25, -0.2) is 4.79 Å². The van der Waals surface area contributed by atoms with Crippen molar-refractivity contribution >= 4 is 6.03 Å². The lowest BCUT2D eigenvalue weighted by molar-refractivity contribution is 0.101. The Hall–Kier alpha value is -1.55. The molecule has 1 unspecified atom stereocenters. The number of amides is 2. The summed E-state index contributed by atoms with van der Waals surface area (Å²) in [4.78, 5) is 12.1. The van der Waals surface area contributed by atoms with Crippen LogP contribution >= 0.6 is 0 Å². The Morgan fingerprint density at radius 3 is 2.52 bits per heavy atom. The van der Waals surface area contributed by atoms with E-state index in [-0.39, 0.29) is 18.7 Å². The molecule has 2 aliphatic rings. The van der Waals surface area contributed by atoms with E-state index >= 15 is 0 Å². The molecule has 114 valence electrons. The van der Waals surface area contributed by atoms with Gasteiger partial charge in [0.05, 0.1) is 12.6 Å². The van der Waals surface area contributed by atoms with Crippen molar-refractivity contribution in [2.24, 2.45) is 11.3 Å². The molecular formula is C17H24N2O2. The molecule has 3 N–H and O–H groups in total. The predicted octanol–water partition coefficient (Wildman–Crippen LogP) is 2.60. The summed E-state index contributed by atoms with van der Waals surface area (Å²) in [5.74, 6) is 0.828. The van der Waals surface area contributed by atoms with E-state index in [4.69, 9.17) is 0 Å². The quantitative estimate of drug-likeness (QED) is 0.753. The van der Waals surface area contributed by atoms with Gasteiger partial charge in [-0.2, -0.15) is 0 Å². The maximum atomic E-state index is 12.1. The third kappa shape index (κ3) is 3.21. The smallest absolute Gasteiger partial charge is 0.315 e. The van der Waals surface area contributed by atoms with Crippen molar-refractivity contribution in [1.29, 1.82) is 0 Å². The van der Waals surface area contributed by atoms with Gasteiger partial charge in [-0.3, -0.25) is 0 Å². The standard InChI is InChI=1S/C17H24N2O2/c20-11-15(13-5-2-1-3-6-13)19-16(21)18-12-17(9-4-10-17)14-7-8-14/h1-3,5-6,14-15,20H,4,7-12H2,(H2,18,19,21). The van der Waals surface area contributed by atoms with Crippen LogP contribution in [0.1, 0.15) is 43.7 Å². The molecule has 21 heavy (non-hydrogen) atoms. The van der Waals surface area contributed by atoms with Crippen LogP contribution in [0.4, 0.5) is 4.79 Å². The van der Waals surface area contributed by atoms with Crippen molar-refractivity contribution in [3.63, 3.8) is 0 Å². The lowest BCUT2D eigenvalue weighted by Gasteiger charge is -2.42. The van der Waals surface area contributed by atoms with Crippen LogP contribution < -0.4 is 10.6 Å². The van der Waals surface area contributed by atoms with Crippen LogP contribution in [0, 0.1) is 11.3 Å². The van der Waals surface area contributed by atoms with Gasteiger partial charge in [-0.05, 0) is 42.6 Å². The van der Waals surface area contributed by atoms with E-state index in [1.54, 1.807) is 0 Å². The fourth-order valence-electron chi connectivity index (χ4n) is 3.44. The molecule has 0 spiro atoms. The second-order valence-corrected chi connectivity index (χ2v) is 6.46. The van der Waals surface area contributed by atoms with Crippen LogP contribution in [-0.2, 0) is 0 Å². The molecule has 0 saturated heterocycles. The van der Waals surface area contributed by atoms with Crippen LogP contribution in [0.5, 0.6) is 0 Å². The van der Waals surface area contributed by atoms with Gasteiger partial charge in [-0.1, -0.05) is 36.8 Å². The SMILES string of the molecule is O=C(NCC1(C2CC2)CCC1)NC(CO)c1ccccc1. The summed E-state index contributed by atoms with van der Waals surface area (Å²) in [5.41, 5.74) is 1.30. The number of urea groups is 1. The van der Waals surface area contributed by atoms with E-state index in [0.29, 0.717) is 5.41 Å². The summed E-state index contributed by atoms with van der Waals surface area (Å²) in [7, 11) is 0. The van der Waals surface area contributed by atoms with Crippen molar-refractivity contribution in [3.05, 3.63) is 35.9 Å². The second kappa shape index (κ2) is 6.06. The summed E-state index contributed by atoms with van der Waals surface area (Å²) >= 11 is 0. The molecule has 2 aliphatic carbocycles. The average molecular weight is 288 g/mol. The van der Waals surface area contributed by atoms with Gasteiger partial charge in [0, 0.05) is 6.54 Å². The number of hydrogen-bond acceptors (Lipinski definition) is 2. The molecule has 0 aromatic heterocycles. The topological polar surface area (TPSA) is 61.4 Å². The summed E-state index contributed by atoms with van der Waals surface area (Å²) in [6.07, 6.45) is 6.45. The molecule has 2 amide bonds. The zero-order valence-electron chi connectivity index (χ0n) is 12.3. The van der Waals surface area contributed by atoms with Gasteiger partial charge in [0.25, 0.3) is 0 Å². The number of carbonyl (C=O) groups is 1. The largest absolute Gasteiger partial charge is 0.394 e. The molecule has 3 rings (SSSR count). The van der Waals surface area contributed by atoms with E-state index in [9.17, 15) is 9.90 Å². The van der Waals surface area contributed by atoms with E-state index in [1.165, 1.54) is 32.1 Å². The van der Waals surface area contributed by atoms with Crippen molar-refractivity contribution in [3.8, 4) is 0 Å². The number of aliphatic hydroxyl groups excluding tert-OH is 1. The second-order valence-electron chi connectivity index (χ2n) is 6.46. The van der Waals surface area contributed by atoms with Crippen molar-refractivity contribution in [2.75, 3.05) is 13.2 Å². The normalized spacial score (nSPS) is 21.2. The Balaban J connectivity index is 1.51. The molecule has 1 aromatic carbocycles.